The number of benzene rings is 3. The Hall–Kier alpha value is -3.71. The summed E-state index contributed by atoms with van der Waals surface area (Å²) in [4.78, 5) is 13.9. The van der Waals surface area contributed by atoms with E-state index in [0.29, 0.717) is 30.4 Å². The van der Waals surface area contributed by atoms with Crippen molar-refractivity contribution < 1.29 is 0 Å². The summed E-state index contributed by atoms with van der Waals surface area (Å²) in [5, 5.41) is 16.0. The minimum absolute atomic E-state index is 0.314. The molecule has 0 aliphatic carbocycles. The molecule has 3 aromatic carbocycles. The van der Waals surface area contributed by atoms with Gasteiger partial charge < -0.3 is 21.3 Å². The van der Waals surface area contributed by atoms with Gasteiger partial charge in [-0.05, 0) is 47.9 Å². The van der Waals surface area contributed by atoms with Gasteiger partial charge in [0.1, 0.15) is 0 Å². The molecule has 0 bridgehead atoms. The largest absolute Gasteiger partial charge is 0.350 e. The summed E-state index contributed by atoms with van der Waals surface area (Å²) in [7, 11) is 0. The van der Waals surface area contributed by atoms with E-state index < -0.39 is 0 Å². The van der Waals surface area contributed by atoms with Crippen molar-refractivity contribution in [3.05, 3.63) is 77.9 Å². The second-order valence-corrected chi connectivity index (χ2v) is 8.07. The minimum Gasteiger partial charge on any atom is -0.350 e. The van der Waals surface area contributed by atoms with Crippen LogP contribution >= 0.6 is 0 Å². The summed E-state index contributed by atoms with van der Waals surface area (Å²) in [6.45, 7) is 4.60. The van der Waals surface area contributed by atoms with Gasteiger partial charge >= 0.3 is 0 Å². The van der Waals surface area contributed by atoms with Crippen LogP contribution < -0.4 is 21.3 Å². The van der Waals surface area contributed by atoms with Crippen molar-refractivity contribution in [1.82, 2.24) is 20.3 Å². The Morgan fingerprint density at radius 1 is 0.875 bits per heavy atom. The number of para-hydroxylation sites is 1. The van der Waals surface area contributed by atoms with E-state index in [9.17, 15) is 0 Å². The molecular weight excluding hydrogens is 398 g/mol. The molecule has 4 N–H and O–H groups in total. The maximum atomic E-state index is 4.64. The van der Waals surface area contributed by atoms with Crippen LogP contribution in [0.5, 0.6) is 0 Å². The van der Waals surface area contributed by atoms with Gasteiger partial charge in [0.05, 0.1) is 0 Å². The monoisotopic (exact) mass is 425 g/mol. The number of anilines is 4. The zero-order chi connectivity index (χ0) is 21.8. The molecule has 1 aliphatic rings. The maximum Gasteiger partial charge on any atom is 0.233 e. The average Bonchev–Trinajstić information content (AvgIpc) is 3.32. The average molecular weight is 426 g/mol. The van der Waals surface area contributed by atoms with E-state index in [4.69, 9.17) is 0 Å². The number of fused-ring (bicyclic) bond motifs is 1. The van der Waals surface area contributed by atoms with Crippen molar-refractivity contribution in [2.45, 2.75) is 25.9 Å². The van der Waals surface area contributed by atoms with E-state index in [1.165, 1.54) is 16.3 Å². The zero-order valence-corrected chi connectivity index (χ0v) is 18.1. The smallest absolute Gasteiger partial charge is 0.233 e. The topological polar surface area (TPSA) is 86.8 Å². The van der Waals surface area contributed by atoms with E-state index >= 15 is 0 Å². The van der Waals surface area contributed by atoms with Gasteiger partial charge in [-0.25, -0.2) is 0 Å². The number of hydrogen-bond donors (Lipinski definition) is 4. The van der Waals surface area contributed by atoms with E-state index in [2.05, 4.69) is 91.7 Å². The van der Waals surface area contributed by atoms with Crippen LogP contribution in [0.1, 0.15) is 17.5 Å². The van der Waals surface area contributed by atoms with Crippen LogP contribution in [0.3, 0.4) is 0 Å². The summed E-state index contributed by atoms with van der Waals surface area (Å²) in [6.07, 6.45) is 1.05. The van der Waals surface area contributed by atoms with E-state index in [-0.39, 0.29) is 0 Å². The first kappa shape index (κ1) is 20.2. The maximum absolute atomic E-state index is 4.64. The molecule has 0 unspecified atom stereocenters. The summed E-state index contributed by atoms with van der Waals surface area (Å²) >= 11 is 0. The standard InChI is InChI=1S/C25H27N7/c1-17-7-2-5-12-22(17)29-25-31-23(30-24(32-25)28-20-13-14-26-16-20)27-15-19-10-6-9-18-8-3-4-11-21(18)19/h2-12,20,26H,13-16H2,1H3,(H3,27,28,29,30,31,32)/t20-/m1/s1. The van der Waals surface area contributed by atoms with Crippen LogP contribution in [0, 0.1) is 6.92 Å². The fourth-order valence-electron chi connectivity index (χ4n) is 3.99. The van der Waals surface area contributed by atoms with Gasteiger partial charge in [-0.1, -0.05) is 60.7 Å². The lowest BCUT2D eigenvalue weighted by molar-refractivity contribution is 0.778. The molecule has 0 amide bonds. The van der Waals surface area contributed by atoms with Crippen molar-refractivity contribution in [2.24, 2.45) is 0 Å². The van der Waals surface area contributed by atoms with Gasteiger partial charge in [0.2, 0.25) is 17.8 Å². The fraction of sp³-hybridized carbons (Fsp3) is 0.240. The molecule has 2 heterocycles. The van der Waals surface area contributed by atoms with Crippen molar-refractivity contribution in [1.29, 1.82) is 0 Å². The molecule has 7 nitrogen and oxygen atoms in total. The SMILES string of the molecule is Cc1ccccc1Nc1nc(NCc2cccc3ccccc23)nc(N[C@@H]2CCNC2)n1. The lowest BCUT2D eigenvalue weighted by Gasteiger charge is -2.15. The number of aryl methyl sites for hydroxylation is 1. The fourth-order valence-corrected chi connectivity index (χ4v) is 3.99. The minimum atomic E-state index is 0.314. The van der Waals surface area contributed by atoms with Crippen LogP contribution in [-0.2, 0) is 6.54 Å². The Labute approximate surface area is 187 Å². The third-order valence-electron chi connectivity index (χ3n) is 5.74. The van der Waals surface area contributed by atoms with Crippen LogP contribution in [0.4, 0.5) is 23.5 Å². The summed E-state index contributed by atoms with van der Waals surface area (Å²) in [5.74, 6) is 1.63. The van der Waals surface area contributed by atoms with Gasteiger partial charge in [0.25, 0.3) is 0 Å². The Balaban J connectivity index is 1.41. The van der Waals surface area contributed by atoms with Gasteiger partial charge in [0.15, 0.2) is 0 Å². The highest BCUT2D eigenvalue weighted by atomic mass is 15.3. The van der Waals surface area contributed by atoms with Crippen LogP contribution in [0.15, 0.2) is 66.7 Å². The number of nitrogens with one attached hydrogen (secondary N) is 4. The summed E-state index contributed by atoms with van der Waals surface area (Å²) in [6, 6.07) is 23.2. The molecule has 1 atom stereocenters. The molecule has 162 valence electrons. The van der Waals surface area contributed by atoms with Gasteiger partial charge in [-0.3, -0.25) is 0 Å². The molecule has 0 saturated carbocycles. The molecular formula is C25H27N7. The van der Waals surface area contributed by atoms with Gasteiger partial charge in [-0.15, -0.1) is 0 Å². The number of nitrogens with zero attached hydrogens (tertiary/aromatic N) is 3. The third-order valence-corrected chi connectivity index (χ3v) is 5.74. The Morgan fingerprint density at radius 2 is 1.66 bits per heavy atom. The quantitative estimate of drug-likeness (QED) is 0.348. The Bertz CT molecular complexity index is 1210. The second kappa shape index (κ2) is 9.20. The highest BCUT2D eigenvalue weighted by molar-refractivity contribution is 5.85. The molecule has 4 aromatic rings. The number of aromatic nitrogens is 3. The van der Waals surface area contributed by atoms with E-state index in [1.807, 2.05) is 18.2 Å². The first-order chi connectivity index (χ1) is 15.7. The first-order valence-electron chi connectivity index (χ1n) is 11.0. The number of hydrogen-bond acceptors (Lipinski definition) is 7. The van der Waals surface area contributed by atoms with Crippen LogP contribution in [0.2, 0.25) is 0 Å². The molecule has 1 fully saturated rings. The first-order valence-corrected chi connectivity index (χ1v) is 11.0. The van der Waals surface area contributed by atoms with Gasteiger partial charge in [0, 0.05) is 24.8 Å². The molecule has 0 spiro atoms. The predicted octanol–water partition coefficient (Wildman–Crippen LogP) is 4.46. The molecule has 1 aromatic heterocycles. The third kappa shape index (κ3) is 4.63. The van der Waals surface area contributed by atoms with Crippen molar-refractivity contribution in [3.8, 4) is 0 Å². The summed E-state index contributed by atoms with van der Waals surface area (Å²) in [5.41, 5.74) is 3.31. The van der Waals surface area contributed by atoms with Crippen molar-refractivity contribution in [2.75, 3.05) is 29.0 Å². The van der Waals surface area contributed by atoms with E-state index in [1.54, 1.807) is 0 Å². The lowest BCUT2D eigenvalue weighted by Crippen LogP contribution is -2.24. The molecule has 32 heavy (non-hydrogen) atoms. The van der Waals surface area contributed by atoms with Crippen molar-refractivity contribution >= 4 is 34.3 Å². The zero-order valence-electron chi connectivity index (χ0n) is 18.1. The molecule has 1 saturated heterocycles. The molecule has 1 aliphatic heterocycles. The highest BCUT2D eigenvalue weighted by Gasteiger charge is 2.17. The van der Waals surface area contributed by atoms with Crippen LogP contribution in [0.25, 0.3) is 10.8 Å². The number of rotatable bonds is 7. The molecule has 7 heteroatoms. The van der Waals surface area contributed by atoms with E-state index in [0.717, 1.165) is 30.8 Å². The predicted molar refractivity (Wildman–Crippen MR) is 130 cm³/mol. The summed E-state index contributed by atoms with van der Waals surface area (Å²) < 4.78 is 0. The molecule has 5 rings (SSSR count). The Morgan fingerprint density at radius 3 is 2.53 bits per heavy atom. The normalized spacial score (nSPS) is 15.6. The highest BCUT2D eigenvalue weighted by Crippen LogP contribution is 2.22. The second-order valence-electron chi connectivity index (χ2n) is 8.07. The van der Waals surface area contributed by atoms with Gasteiger partial charge in [-0.2, -0.15) is 15.0 Å². The van der Waals surface area contributed by atoms with Crippen molar-refractivity contribution in [3.63, 3.8) is 0 Å². The molecule has 0 radical (unpaired) electrons. The Kier molecular flexibility index (Phi) is 5.81. The van der Waals surface area contributed by atoms with Crippen LogP contribution in [-0.4, -0.2) is 34.1 Å². The lowest BCUT2D eigenvalue weighted by atomic mass is 10.0.